The number of methoxy groups -OCH3 is 1. The summed E-state index contributed by atoms with van der Waals surface area (Å²) >= 11 is 0. The molecule has 0 radical (unpaired) electrons. The number of nitrogens with one attached hydrogen (secondary N) is 1. The van der Waals surface area contributed by atoms with E-state index in [2.05, 4.69) is 26.1 Å². The smallest absolute Gasteiger partial charge is 0.223 e. The number of nitrogens with zero attached hydrogens (tertiary/aromatic N) is 1. The van der Waals surface area contributed by atoms with Gasteiger partial charge in [-0.15, -0.1) is 0 Å². The van der Waals surface area contributed by atoms with Crippen LogP contribution in [-0.2, 0) is 11.3 Å². The summed E-state index contributed by atoms with van der Waals surface area (Å²) < 4.78 is 18.5. The van der Waals surface area contributed by atoms with Crippen LogP contribution in [0.1, 0.15) is 32.8 Å². The van der Waals surface area contributed by atoms with E-state index < -0.39 is 5.82 Å². The maximum atomic E-state index is 13.6. The zero-order valence-electron chi connectivity index (χ0n) is 13.5. The van der Waals surface area contributed by atoms with Crippen LogP contribution < -0.4 is 10.1 Å². The molecule has 0 aliphatic rings. The van der Waals surface area contributed by atoms with Gasteiger partial charge in [-0.05, 0) is 38.5 Å². The van der Waals surface area contributed by atoms with Crippen LogP contribution in [0, 0.1) is 5.82 Å². The number of amides is 1. The van der Waals surface area contributed by atoms with Gasteiger partial charge in [-0.3, -0.25) is 4.79 Å². The van der Waals surface area contributed by atoms with E-state index >= 15 is 0 Å². The molecule has 0 bridgehead atoms. The Kier molecular flexibility index (Phi) is 6.15. The molecule has 1 amide bonds. The lowest BCUT2D eigenvalue weighted by Gasteiger charge is -2.22. The van der Waals surface area contributed by atoms with Gasteiger partial charge < -0.3 is 15.0 Å². The first-order valence-electron chi connectivity index (χ1n) is 7.04. The number of carbonyl (C=O) groups is 1. The highest BCUT2D eigenvalue weighted by molar-refractivity contribution is 5.76. The minimum absolute atomic E-state index is 0.00202. The van der Waals surface area contributed by atoms with Gasteiger partial charge in [-0.25, -0.2) is 4.39 Å². The van der Waals surface area contributed by atoms with Gasteiger partial charge in [-0.1, -0.05) is 6.07 Å². The van der Waals surface area contributed by atoms with Crippen molar-refractivity contribution in [2.75, 3.05) is 20.7 Å². The second-order valence-corrected chi connectivity index (χ2v) is 6.15. The van der Waals surface area contributed by atoms with Gasteiger partial charge in [-0.2, -0.15) is 0 Å². The topological polar surface area (TPSA) is 41.6 Å². The van der Waals surface area contributed by atoms with Gasteiger partial charge in [0.05, 0.1) is 7.11 Å². The Bertz CT molecular complexity index is 484. The Morgan fingerprint density at radius 2 is 2.05 bits per heavy atom. The summed E-state index contributed by atoms with van der Waals surface area (Å²) in [5.74, 6) is -0.171. The van der Waals surface area contributed by atoms with Crippen LogP contribution >= 0.6 is 0 Å². The molecule has 1 N–H and O–H groups in total. The maximum absolute atomic E-state index is 13.6. The molecule has 0 aliphatic heterocycles. The van der Waals surface area contributed by atoms with Crippen molar-refractivity contribution in [2.45, 2.75) is 39.3 Å². The van der Waals surface area contributed by atoms with Crippen LogP contribution in [0.5, 0.6) is 5.75 Å². The molecule has 4 nitrogen and oxygen atoms in total. The first kappa shape index (κ1) is 17.4. The van der Waals surface area contributed by atoms with Crippen LogP contribution in [-0.4, -0.2) is 37.0 Å². The monoisotopic (exact) mass is 296 g/mol. The summed E-state index contributed by atoms with van der Waals surface area (Å²) in [6.07, 6.45) is 0.423. The Hall–Kier alpha value is -1.62. The average molecular weight is 296 g/mol. The Balaban J connectivity index is 2.50. The molecule has 0 aromatic heterocycles. The average Bonchev–Trinajstić information content (AvgIpc) is 2.37. The first-order valence-corrected chi connectivity index (χ1v) is 7.04. The zero-order valence-corrected chi connectivity index (χ0v) is 13.5. The van der Waals surface area contributed by atoms with Crippen LogP contribution in [0.2, 0.25) is 0 Å². The molecule has 21 heavy (non-hydrogen) atoms. The molecule has 118 valence electrons. The van der Waals surface area contributed by atoms with E-state index in [1.165, 1.54) is 13.2 Å². The van der Waals surface area contributed by atoms with E-state index in [0.29, 0.717) is 19.5 Å². The fourth-order valence-corrected chi connectivity index (χ4v) is 1.91. The molecule has 1 aromatic rings. The molecule has 0 aliphatic carbocycles. The van der Waals surface area contributed by atoms with E-state index in [0.717, 1.165) is 5.56 Å². The molecule has 0 saturated carbocycles. The van der Waals surface area contributed by atoms with Gasteiger partial charge >= 0.3 is 0 Å². The second-order valence-electron chi connectivity index (χ2n) is 6.15. The number of hydrogen-bond donors (Lipinski definition) is 1. The minimum atomic E-state index is -0.412. The lowest BCUT2D eigenvalue weighted by atomic mass is 10.1. The predicted molar refractivity (Wildman–Crippen MR) is 81.8 cm³/mol. The minimum Gasteiger partial charge on any atom is -0.494 e. The molecule has 1 rings (SSSR count). The number of ether oxygens (including phenoxy) is 1. The van der Waals surface area contributed by atoms with E-state index in [4.69, 9.17) is 4.74 Å². The normalized spacial score (nSPS) is 11.3. The van der Waals surface area contributed by atoms with Crippen molar-refractivity contribution in [2.24, 2.45) is 0 Å². The second kappa shape index (κ2) is 7.41. The van der Waals surface area contributed by atoms with Crippen LogP contribution in [0.3, 0.4) is 0 Å². The summed E-state index contributed by atoms with van der Waals surface area (Å²) in [4.78, 5) is 13.6. The molecule has 0 fully saturated rings. The number of benzene rings is 1. The fraction of sp³-hybridized carbons (Fsp3) is 0.562. The van der Waals surface area contributed by atoms with Crippen molar-refractivity contribution < 1.29 is 13.9 Å². The quantitative estimate of drug-likeness (QED) is 0.877. The summed E-state index contributed by atoms with van der Waals surface area (Å²) in [5.41, 5.74) is 0.741. The van der Waals surface area contributed by atoms with E-state index in [-0.39, 0.29) is 17.2 Å². The van der Waals surface area contributed by atoms with Crippen molar-refractivity contribution in [3.63, 3.8) is 0 Å². The third kappa shape index (κ3) is 6.12. The highest BCUT2D eigenvalue weighted by Crippen LogP contribution is 2.18. The highest BCUT2D eigenvalue weighted by Gasteiger charge is 2.13. The number of rotatable bonds is 6. The third-order valence-electron chi connectivity index (χ3n) is 3.06. The standard InChI is InChI=1S/C16H25FN2O2/c1-16(2,3)18-9-8-15(20)19(4)11-12-6-7-14(21-5)13(17)10-12/h6-7,10,18H,8-9,11H2,1-5H3. The largest absolute Gasteiger partial charge is 0.494 e. The SMILES string of the molecule is COc1ccc(CN(C)C(=O)CCNC(C)(C)C)cc1F. The van der Waals surface area contributed by atoms with E-state index in [1.54, 1.807) is 24.1 Å². The third-order valence-corrected chi connectivity index (χ3v) is 3.06. The molecule has 0 saturated heterocycles. The Morgan fingerprint density at radius 1 is 1.38 bits per heavy atom. The number of carbonyl (C=O) groups excluding carboxylic acids is 1. The molecule has 0 unspecified atom stereocenters. The van der Waals surface area contributed by atoms with E-state index in [1.807, 2.05) is 0 Å². The summed E-state index contributed by atoms with van der Waals surface area (Å²) in [7, 11) is 3.15. The van der Waals surface area contributed by atoms with Gasteiger partial charge in [0.2, 0.25) is 5.91 Å². The van der Waals surface area contributed by atoms with Crippen molar-refractivity contribution in [3.05, 3.63) is 29.6 Å². The maximum Gasteiger partial charge on any atom is 0.223 e. The summed E-state index contributed by atoms with van der Waals surface area (Å²) in [5, 5.41) is 3.27. The highest BCUT2D eigenvalue weighted by atomic mass is 19.1. The van der Waals surface area contributed by atoms with Gasteiger partial charge in [0, 0.05) is 32.1 Å². The first-order chi connectivity index (χ1) is 9.73. The van der Waals surface area contributed by atoms with Gasteiger partial charge in [0.1, 0.15) is 0 Å². The van der Waals surface area contributed by atoms with Crippen molar-refractivity contribution in [1.82, 2.24) is 10.2 Å². The lowest BCUT2D eigenvalue weighted by Crippen LogP contribution is -2.38. The van der Waals surface area contributed by atoms with Gasteiger partial charge in [0.25, 0.3) is 0 Å². The molecule has 1 aromatic carbocycles. The zero-order chi connectivity index (χ0) is 16.0. The lowest BCUT2D eigenvalue weighted by molar-refractivity contribution is -0.130. The molecule has 0 spiro atoms. The van der Waals surface area contributed by atoms with Crippen molar-refractivity contribution in [1.29, 1.82) is 0 Å². The Morgan fingerprint density at radius 3 is 2.57 bits per heavy atom. The van der Waals surface area contributed by atoms with Gasteiger partial charge in [0.15, 0.2) is 11.6 Å². The summed E-state index contributed by atoms with van der Waals surface area (Å²) in [6, 6.07) is 4.74. The molecule has 0 heterocycles. The molecular weight excluding hydrogens is 271 g/mol. The number of halogens is 1. The van der Waals surface area contributed by atoms with Crippen LogP contribution in [0.15, 0.2) is 18.2 Å². The molecule has 0 atom stereocenters. The van der Waals surface area contributed by atoms with Crippen LogP contribution in [0.25, 0.3) is 0 Å². The number of hydrogen-bond acceptors (Lipinski definition) is 3. The molecule has 5 heteroatoms. The molecular formula is C16H25FN2O2. The van der Waals surface area contributed by atoms with Crippen LogP contribution in [0.4, 0.5) is 4.39 Å². The predicted octanol–water partition coefficient (Wildman–Crippen LogP) is 2.57. The van der Waals surface area contributed by atoms with Crippen molar-refractivity contribution in [3.8, 4) is 5.75 Å². The van der Waals surface area contributed by atoms with E-state index in [9.17, 15) is 9.18 Å². The fourth-order valence-electron chi connectivity index (χ4n) is 1.91. The Labute approximate surface area is 126 Å². The van der Waals surface area contributed by atoms with Crippen molar-refractivity contribution >= 4 is 5.91 Å². The summed E-state index contributed by atoms with van der Waals surface area (Å²) in [6.45, 7) is 7.18.